The molecule has 1 heterocycles. The van der Waals surface area contributed by atoms with Gasteiger partial charge in [0.1, 0.15) is 0 Å². The molecular weight excluding hydrogens is 182 g/mol. The van der Waals surface area contributed by atoms with Crippen molar-refractivity contribution in [3.05, 3.63) is 23.9 Å². The Bertz CT molecular complexity index is 490. The Labute approximate surface area is 79.9 Å². The predicted octanol–water partition coefficient (Wildman–Crippen LogP) is 0.932. The third kappa shape index (κ3) is 1.19. The largest absolute Gasteiger partial charge is 0.464 e. The van der Waals surface area contributed by atoms with Gasteiger partial charge in [0.25, 0.3) is 0 Å². The molecule has 14 heavy (non-hydrogen) atoms. The van der Waals surface area contributed by atoms with Gasteiger partial charge in [-0.2, -0.15) is 5.10 Å². The lowest BCUT2D eigenvalue weighted by atomic mass is 10.2. The minimum Gasteiger partial charge on any atom is -0.464 e. The first-order chi connectivity index (χ1) is 6.72. The van der Waals surface area contributed by atoms with Crippen LogP contribution in [0.4, 0.5) is 5.69 Å². The molecule has 3 N–H and O–H groups in total. The fourth-order valence-electron chi connectivity index (χ4n) is 1.28. The highest BCUT2D eigenvalue weighted by Crippen LogP contribution is 2.19. The van der Waals surface area contributed by atoms with Crippen LogP contribution < -0.4 is 5.73 Å². The highest BCUT2D eigenvalue weighted by molar-refractivity contribution is 6.02. The van der Waals surface area contributed by atoms with Crippen LogP contribution in [-0.2, 0) is 4.74 Å². The van der Waals surface area contributed by atoms with Crippen molar-refractivity contribution in [2.24, 2.45) is 0 Å². The van der Waals surface area contributed by atoms with Gasteiger partial charge in [0.2, 0.25) is 0 Å². The van der Waals surface area contributed by atoms with Crippen LogP contribution in [-0.4, -0.2) is 23.3 Å². The summed E-state index contributed by atoms with van der Waals surface area (Å²) < 4.78 is 4.58. The maximum Gasteiger partial charge on any atom is 0.359 e. The number of nitrogens with one attached hydrogen (secondary N) is 1. The number of H-pyrrole nitrogens is 1. The maximum atomic E-state index is 11.3. The number of fused-ring (bicyclic) bond motifs is 1. The number of anilines is 1. The molecule has 0 aliphatic rings. The number of nitrogens with zero attached hydrogens (tertiary/aromatic N) is 1. The molecule has 1 aromatic carbocycles. The van der Waals surface area contributed by atoms with E-state index >= 15 is 0 Å². The molecule has 2 rings (SSSR count). The topological polar surface area (TPSA) is 81.0 Å². The molecule has 0 atom stereocenters. The van der Waals surface area contributed by atoms with Gasteiger partial charge in [-0.05, 0) is 18.2 Å². The normalized spacial score (nSPS) is 10.4. The molecule has 0 radical (unpaired) electrons. The van der Waals surface area contributed by atoms with E-state index in [0.717, 1.165) is 5.52 Å². The number of nitrogen functional groups attached to an aromatic ring is 1. The van der Waals surface area contributed by atoms with E-state index in [-0.39, 0.29) is 5.69 Å². The van der Waals surface area contributed by atoms with Crippen molar-refractivity contribution in [2.45, 2.75) is 0 Å². The number of methoxy groups -OCH3 is 1. The number of aromatic amines is 1. The fraction of sp³-hybridized carbons (Fsp3) is 0.111. The number of benzene rings is 1. The first-order valence-corrected chi connectivity index (χ1v) is 4.04. The monoisotopic (exact) mass is 191 g/mol. The van der Waals surface area contributed by atoms with Crippen LogP contribution >= 0.6 is 0 Å². The van der Waals surface area contributed by atoms with Gasteiger partial charge in [-0.15, -0.1) is 0 Å². The third-order valence-electron chi connectivity index (χ3n) is 1.97. The van der Waals surface area contributed by atoms with Crippen LogP contribution in [0.25, 0.3) is 10.9 Å². The summed E-state index contributed by atoms with van der Waals surface area (Å²) in [5.74, 6) is -0.471. The fourth-order valence-corrected chi connectivity index (χ4v) is 1.28. The molecule has 0 spiro atoms. The first-order valence-electron chi connectivity index (χ1n) is 4.04. The van der Waals surface area contributed by atoms with Crippen LogP contribution in [0, 0.1) is 0 Å². The molecule has 72 valence electrons. The second-order valence-electron chi connectivity index (χ2n) is 2.87. The molecule has 0 aliphatic carbocycles. The second-order valence-corrected chi connectivity index (χ2v) is 2.87. The molecule has 0 amide bonds. The van der Waals surface area contributed by atoms with Crippen LogP contribution in [0.1, 0.15) is 10.5 Å². The molecule has 1 aromatic heterocycles. The molecule has 0 unspecified atom stereocenters. The van der Waals surface area contributed by atoms with E-state index in [1.807, 2.05) is 0 Å². The van der Waals surface area contributed by atoms with E-state index in [2.05, 4.69) is 14.9 Å². The third-order valence-corrected chi connectivity index (χ3v) is 1.97. The quantitative estimate of drug-likeness (QED) is 0.519. The molecule has 0 bridgehead atoms. The van der Waals surface area contributed by atoms with Crippen LogP contribution in [0.5, 0.6) is 0 Å². The lowest BCUT2D eigenvalue weighted by molar-refractivity contribution is 0.0596. The molecule has 5 nitrogen and oxygen atoms in total. The van der Waals surface area contributed by atoms with Crippen molar-refractivity contribution in [1.82, 2.24) is 10.2 Å². The number of carbonyl (C=O) groups excluding carboxylic acids is 1. The van der Waals surface area contributed by atoms with E-state index in [0.29, 0.717) is 11.1 Å². The maximum absolute atomic E-state index is 11.3. The van der Waals surface area contributed by atoms with Gasteiger partial charge in [-0.25, -0.2) is 4.79 Å². The minimum atomic E-state index is -0.471. The van der Waals surface area contributed by atoms with Gasteiger partial charge in [-0.1, -0.05) is 0 Å². The molecule has 0 aliphatic heterocycles. The lowest BCUT2D eigenvalue weighted by Crippen LogP contribution is -2.02. The Kier molecular flexibility index (Phi) is 1.85. The van der Waals surface area contributed by atoms with E-state index in [9.17, 15) is 4.79 Å². The number of rotatable bonds is 1. The Balaban J connectivity index is 2.67. The van der Waals surface area contributed by atoms with E-state index in [1.165, 1.54) is 7.11 Å². The van der Waals surface area contributed by atoms with Gasteiger partial charge in [0, 0.05) is 11.1 Å². The molecule has 5 heteroatoms. The number of aromatic nitrogens is 2. The zero-order valence-corrected chi connectivity index (χ0v) is 7.57. The van der Waals surface area contributed by atoms with Crippen LogP contribution in [0.15, 0.2) is 18.2 Å². The summed E-state index contributed by atoms with van der Waals surface area (Å²) in [4.78, 5) is 11.3. The smallest absolute Gasteiger partial charge is 0.359 e. The van der Waals surface area contributed by atoms with Crippen molar-refractivity contribution < 1.29 is 9.53 Å². The van der Waals surface area contributed by atoms with Crippen LogP contribution in [0.2, 0.25) is 0 Å². The van der Waals surface area contributed by atoms with Gasteiger partial charge < -0.3 is 10.5 Å². The van der Waals surface area contributed by atoms with Gasteiger partial charge >= 0.3 is 5.97 Å². The molecule has 0 fully saturated rings. The van der Waals surface area contributed by atoms with E-state index in [4.69, 9.17) is 5.73 Å². The second kappa shape index (κ2) is 3.02. The lowest BCUT2D eigenvalue weighted by Gasteiger charge is -1.95. The first kappa shape index (κ1) is 8.55. The summed E-state index contributed by atoms with van der Waals surface area (Å²) in [7, 11) is 1.31. The van der Waals surface area contributed by atoms with E-state index in [1.54, 1.807) is 18.2 Å². The Hall–Kier alpha value is -2.04. The Morgan fingerprint density at radius 2 is 2.36 bits per heavy atom. The molecule has 0 saturated carbocycles. The molecular formula is C9H9N3O2. The summed E-state index contributed by atoms with van der Waals surface area (Å²) in [6.07, 6.45) is 0. The number of ether oxygens (including phenoxy) is 1. The molecule has 0 saturated heterocycles. The highest BCUT2D eigenvalue weighted by Gasteiger charge is 2.13. The Morgan fingerprint density at radius 1 is 1.57 bits per heavy atom. The number of hydrogen-bond donors (Lipinski definition) is 2. The predicted molar refractivity (Wildman–Crippen MR) is 51.8 cm³/mol. The zero-order chi connectivity index (χ0) is 10.1. The molecule has 2 aromatic rings. The highest BCUT2D eigenvalue weighted by atomic mass is 16.5. The average molecular weight is 191 g/mol. The summed E-state index contributed by atoms with van der Waals surface area (Å²) in [5.41, 5.74) is 7.21. The SMILES string of the molecule is COC(=O)c1n[nH]c2ccc(N)cc12. The summed E-state index contributed by atoms with van der Waals surface area (Å²) >= 11 is 0. The van der Waals surface area contributed by atoms with Crippen molar-refractivity contribution in [1.29, 1.82) is 0 Å². The van der Waals surface area contributed by atoms with E-state index < -0.39 is 5.97 Å². The van der Waals surface area contributed by atoms with Gasteiger partial charge in [0.15, 0.2) is 5.69 Å². The zero-order valence-electron chi connectivity index (χ0n) is 7.57. The van der Waals surface area contributed by atoms with Crippen molar-refractivity contribution >= 4 is 22.6 Å². The van der Waals surface area contributed by atoms with Gasteiger partial charge in [-0.3, -0.25) is 5.10 Å². The van der Waals surface area contributed by atoms with Gasteiger partial charge in [0.05, 0.1) is 12.6 Å². The van der Waals surface area contributed by atoms with Crippen LogP contribution in [0.3, 0.4) is 0 Å². The number of esters is 1. The summed E-state index contributed by atoms with van der Waals surface area (Å²) in [6.45, 7) is 0. The standard InChI is InChI=1S/C9H9N3O2/c1-14-9(13)8-6-4-5(10)2-3-7(6)11-12-8/h2-4H,10H2,1H3,(H,11,12). The van der Waals surface area contributed by atoms with Crippen molar-refractivity contribution in [3.8, 4) is 0 Å². The Morgan fingerprint density at radius 3 is 3.07 bits per heavy atom. The minimum absolute atomic E-state index is 0.259. The summed E-state index contributed by atoms with van der Waals surface area (Å²) in [6, 6.07) is 5.19. The number of carbonyl (C=O) groups is 1. The van der Waals surface area contributed by atoms with Crippen molar-refractivity contribution in [3.63, 3.8) is 0 Å². The number of hydrogen-bond acceptors (Lipinski definition) is 4. The number of nitrogens with two attached hydrogens (primary N) is 1. The average Bonchev–Trinajstić information content (AvgIpc) is 2.59. The summed E-state index contributed by atoms with van der Waals surface area (Å²) in [5, 5.41) is 7.25. The van der Waals surface area contributed by atoms with Crippen molar-refractivity contribution in [2.75, 3.05) is 12.8 Å².